The average Bonchev–Trinajstić information content (AvgIpc) is 2.86. The monoisotopic (exact) mass is 442 g/mol. The van der Waals surface area contributed by atoms with Crippen LogP contribution in [-0.2, 0) is 16.6 Å². The molecule has 0 saturated carbocycles. The van der Waals surface area contributed by atoms with Crippen LogP contribution in [0.3, 0.4) is 0 Å². The Morgan fingerprint density at radius 2 is 1.77 bits per heavy atom. The third kappa shape index (κ3) is 2.98. The number of ketones is 1. The highest BCUT2D eigenvalue weighted by Crippen LogP contribution is 2.54. The molecule has 0 spiro atoms. The van der Waals surface area contributed by atoms with Crippen LogP contribution >= 0.6 is 23.2 Å². The van der Waals surface area contributed by atoms with Gasteiger partial charge in [-0.25, -0.2) is 0 Å². The molecule has 3 aromatic carbocycles. The second-order valence-corrected chi connectivity index (χ2v) is 8.96. The van der Waals surface area contributed by atoms with Crippen LogP contribution in [-0.4, -0.2) is 24.0 Å². The van der Waals surface area contributed by atoms with Crippen LogP contribution in [0.5, 0.6) is 5.75 Å². The molecule has 154 valence electrons. The molecule has 0 aromatic heterocycles. The largest absolute Gasteiger partial charge is 0.496 e. The van der Waals surface area contributed by atoms with Gasteiger partial charge in [0.15, 0.2) is 5.78 Å². The van der Waals surface area contributed by atoms with Crippen LogP contribution in [0.4, 0.5) is 0 Å². The summed E-state index contributed by atoms with van der Waals surface area (Å²) in [7, 11) is 1.54. The first kappa shape index (κ1) is 20.7. The number of carbonyl (C=O) groups is 2. The lowest BCUT2D eigenvalue weighted by atomic mass is 9.80. The summed E-state index contributed by atoms with van der Waals surface area (Å²) in [5.74, 6) is -0.506. The molecular formula is C24H20Cl2O4. The minimum atomic E-state index is -0.934. The summed E-state index contributed by atoms with van der Waals surface area (Å²) in [4.78, 5) is 23.8. The van der Waals surface area contributed by atoms with Crippen LogP contribution in [0.2, 0.25) is 10.0 Å². The number of aliphatic carboxylic acids is 1. The molecule has 4 rings (SSSR count). The number of methoxy groups -OCH3 is 1. The molecule has 0 unspecified atom stereocenters. The van der Waals surface area contributed by atoms with E-state index in [1.165, 1.54) is 6.92 Å². The molecule has 3 aromatic rings. The number of carboxylic acids is 1. The molecule has 0 atom stereocenters. The van der Waals surface area contributed by atoms with Crippen molar-refractivity contribution in [1.29, 1.82) is 0 Å². The van der Waals surface area contributed by atoms with E-state index in [0.29, 0.717) is 32.3 Å². The summed E-state index contributed by atoms with van der Waals surface area (Å²) < 4.78 is 5.49. The number of ether oxygens (including phenoxy) is 1. The highest BCUT2D eigenvalue weighted by Gasteiger charge is 2.39. The average molecular weight is 443 g/mol. The molecule has 0 amide bonds. The lowest BCUT2D eigenvalue weighted by Gasteiger charge is -2.23. The van der Waals surface area contributed by atoms with Crippen molar-refractivity contribution in [3.05, 3.63) is 62.6 Å². The molecule has 0 fully saturated rings. The van der Waals surface area contributed by atoms with Crippen molar-refractivity contribution in [1.82, 2.24) is 0 Å². The zero-order valence-electron chi connectivity index (χ0n) is 17.0. The van der Waals surface area contributed by atoms with Crippen molar-refractivity contribution >= 4 is 45.7 Å². The third-order valence-electron chi connectivity index (χ3n) is 5.91. The van der Waals surface area contributed by atoms with Crippen LogP contribution in [0.25, 0.3) is 21.9 Å². The zero-order valence-corrected chi connectivity index (χ0v) is 18.5. The number of carbonyl (C=O) groups excluding carboxylic acids is 1. The molecule has 0 bridgehead atoms. The molecule has 0 heterocycles. The minimum Gasteiger partial charge on any atom is -0.496 e. The van der Waals surface area contributed by atoms with Gasteiger partial charge in [-0.2, -0.15) is 0 Å². The molecule has 1 aliphatic rings. The Labute approximate surface area is 184 Å². The van der Waals surface area contributed by atoms with Crippen LogP contribution in [0, 0.1) is 0 Å². The molecule has 1 N–H and O–H groups in total. The highest BCUT2D eigenvalue weighted by atomic mass is 35.5. The van der Waals surface area contributed by atoms with Gasteiger partial charge in [-0.1, -0.05) is 43.1 Å². The lowest BCUT2D eigenvalue weighted by Crippen LogP contribution is -2.16. The van der Waals surface area contributed by atoms with Gasteiger partial charge >= 0.3 is 5.97 Å². The Kier molecular flexibility index (Phi) is 4.83. The van der Waals surface area contributed by atoms with E-state index in [-0.39, 0.29) is 12.2 Å². The van der Waals surface area contributed by atoms with Gasteiger partial charge in [0.1, 0.15) is 5.75 Å². The van der Waals surface area contributed by atoms with Gasteiger partial charge in [0, 0.05) is 15.8 Å². The molecule has 0 saturated heterocycles. The lowest BCUT2D eigenvalue weighted by molar-refractivity contribution is -0.136. The maximum Gasteiger partial charge on any atom is 0.307 e. The van der Waals surface area contributed by atoms with Gasteiger partial charge in [0.05, 0.1) is 24.1 Å². The van der Waals surface area contributed by atoms with Crippen molar-refractivity contribution in [2.45, 2.75) is 32.6 Å². The predicted molar refractivity (Wildman–Crippen MR) is 119 cm³/mol. The molecule has 30 heavy (non-hydrogen) atoms. The van der Waals surface area contributed by atoms with Gasteiger partial charge in [0.25, 0.3) is 0 Å². The van der Waals surface area contributed by atoms with Crippen molar-refractivity contribution in [3.63, 3.8) is 0 Å². The number of halogens is 2. The first-order valence-corrected chi connectivity index (χ1v) is 10.2. The number of carboxylic acid groups (broad SMARTS) is 1. The standard InChI is InChI=1S/C24H20Cl2O4/c1-11(27)14-9-15-17(10-20(14)30-4)24(2,3)18-5-12(6-21(28)29)22-16(23(15)18)7-13(25)8-19(22)26/h5,7-10H,6H2,1-4H3,(H,28,29). The van der Waals surface area contributed by atoms with Crippen molar-refractivity contribution in [2.24, 2.45) is 0 Å². The topological polar surface area (TPSA) is 63.6 Å². The van der Waals surface area contributed by atoms with E-state index in [4.69, 9.17) is 27.9 Å². The first-order chi connectivity index (χ1) is 14.1. The third-order valence-corrected chi connectivity index (χ3v) is 6.43. The summed E-state index contributed by atoms with van der Waals surface area (Å²) in [6.07, 6.45) is -0.153. The predicted octanol–water partition coefficient (Wildman–Crippen LogP) is 6.29. The van der Waals surface area contributed by atoms with E-state index >= 15 is 0 Å². The maximum atomic E-state index is 12.3. The summed E-state index contributed by atoms with van der Waals surface area (Å²) in [5.41, 5.74) is 4.52. The molecule has 4 nitrogen and oxygen atoms in total. The minimum absolute atomic E-state index is 0.0937. The summed E-state index contributed by atoms with van der Waals surface area (Å²) >= 11 is 12.9. The Bertz CT molecular complexity index is 1260. The Morgan fingerprint density at radius 3 is 2.37 bits per heavy atom. The number of hydrogen-bond acceptors (Lipinski definition) is 3. The normalized spacial score (nSPS) is 13.8. The number of hydrogen-bond donors (Lipinski definition) is 1. The van der Waals surface area contributed by atoms with Gasteiger partial charge in [-0.05, 0) is 64.4 Å². The molecule has 0 aliphatic heterocycles. The van der Waals surface area contributed by atoms with E-state index in [1.807, 2.05) is 24.3 Å². The summed E-state index contributed by atoms with van der Waals surface area (Å²) in [5, 5.41) is 11.8. The van der Waals surface area contributed by atoms with Crippen molar-refractivity contribution < 1.29 is 19.4 Å². The summed E-state index contributed by atoms with van der Waals surface area (Å²) in [6, 6.07) is 9.12. The number of fused-ring (bicyclic) bond motifs is 5. The van der Waals surface area contributed by atoms with Gasteiger partial charge in [-0.3, -0.25) is 9.59 Å². The maximum absolute atomic E-state index is 12.3. The smallest absolute Gasteiger partial charge is 0.307 e. The first-order valence-electron chi connectivity index (χ1n) is 9.47. The van der Waals surface area contributed by atoms with Crippen LogP contribution in [0.15, 0.2) is 30.3 Å². The second-order valence-electron chi connectivity index (χ2n) is 8.12. The van der Waals surface area contributed by atoms with Gasteiger partial charge in [-0.15, -0.1) is 0 Å². The van der Waals surface area contributed by atoms with E-state index in [0.717, 1.165) is 27.6 Å². The highest BCUT2D eigenvalue weighted by molar-refractivity contribution is 6.39. The van der Waals surface area contributed by atoms with Gasteiger partial charge in [0.2, 0.25) is 0 Å². The SMILES string of the molecule is COc1cc2c(cc1C(C)=O)-c1c(cc(CC(=O)O)c3c(Cl)cc(Cl)cc13)C2(C)C. The van der Waals surface area contributed by atoms with E-state index in [9.17, 15) is 14.7 Å². The molecule has 6 heteroatoms. The fourth-order valence-electron chi connectivity index (χ4n) is 4.54. The Morgan fingerprint density at radius 1 is 1.07 bits per heavy atom. The van der Waals surface area contributed by atoms with Crippen LogP contribution < -0.4 is 4.74 Å². The fourth-order valence-corrected chi connectivity index (χ4v) is 5.15. The van der Waals surface area contributed by atoms with E-state index in [1.54, 1.807) is 13.2 Å². The number of rotatable bonds is 4. The zero-order chi connectivity index (χ0) is 22.0. The van der Waals surface area contributed by atoms with E-state index < -0.39 is 11.4 Å². The van der Waals surface area contributed by atoms with Crippen LogP contribution in [0.1, 0.15) is 47.8 Å². The van der Waals surface area contributed by atoms with Gasteiger partial charge < -0.3 is 9.84 Å². The quantitative estimate of drug-likeness (QED) is 0.482. The van der Waals surface area contributed by atoms with Crippen molar-refractivity contribution in [2.75, 3.05) is 7.11 Å². The number of Topliss-reactive ketones (excluding diaryl/α,β-unsaturated/α-hetero) is 1. The molecular weight excluding hydrogens is 423 g/mol. The Balaban J connectivity index is 2.19. The fraction of sp³-hybridized carbons (Fsp3) is 0.250. The molecule has 0 radical (unpaired) electrons. The van der Waals surface area contributed by atoms with Crippen molar-refractivity contribution in [3.8, 4) is 16.9 Å². The number of benzene rings is 3. The Hall–Kier alpha value is -2.56. The summed E-state index contributed by atoms with van der Waals surface area (Å²) in [6.45, 7) is 5.66. The molecule has 1 aliphatic carbocycles. The van der Waals surface area contributed by atoms with E-state index in [2.05, 4.69) is 13.8 Å². The second kappa shape index (κ2) is 7.00.